The summed E-state index contributed by atoms with van der Waals surface area (Å²) in [4.78, 5) is 14.6. The zero-order valence-electron chi connectivity index (χ0n) is 13.0. The fourth-order valence-corrected chi connectivity index (χ4v) is 3.18. The van der Waals surface area contributed by atoms with Gasteiger partial charge in [0.1, 0.15) is 5.76 Å². The number of likely N-dealkylation sites (tertiary alicyclic amines) is 1. The molecule has 1 aliphatic heterocycles. The minimum atomic E-state index is 0.200. The molecule has 0 aromatic carbocycles. The predicted molar refractivity (Wildman–Crippen MR) is 79.8 cm³/mol. The standard InChI is InChI=1S/C16H25N3O2/c1-11-15(12(2)21-18-11)10-19-8-6-13(7-9-19)16(20)17-14-4-3-5-14/h13-14H,3-10H2,1-2H3,(H,17,20). The number of rotatable bonds is 4. The molecule has 1 aromatic heterocycles. The zero-order valence-corrected chi connectivity index (χ0v) is 13.0. The molecule has 0 spiro atoms. The highest BCUT2D eigenvalue weighted by atomic mass is 16.5. The van der Waals surface area contributed by atoms with Crippen LogP contribution in [0.15, 0.2) is 4.52 Å². The third-order valence-corrected chi connectivity index (χ3v) is 4.97. The Morgan fingerprint density at radius 2 is 2.00 bits per heavy atom. The number of nitrogens with zero attached hydrogens (tertiary/aromatic N) is 2. The van der Waals surface area contributed by atoms with Gasteiger partial charge in [0.25, 0.3) is 0 Å². The van der Waals surface area contributed by atoms with Gasteiger partial charge in [0, 0.05) is 24.1 Å². The maximum Gasteiger partial charge on any atom is 0.223 e. The van der Waals surface area contributed by atoms with Crippen LogP contribution in [0.1, 0.15) is 49.1 Å². The van der Waals surface area contributed by atoms with Crippen molar-refractivity contribution < 1.29 is 9.32 Å². The van der Waals surface area contributed by atoms with Crippen LogP contribution in [-0.2, 0) is 11.3 Å². The summed E-state index contributed by atoms with van der Waals surface area (Å²) in [7, 11) is 0. The second-order valence-electron chi connectivity index (χ2n) is 6.49. The van der Waals surface area contributed by atoms with E-state index in [4.69, 9.17) is 4.52 Å². The first-order valence-corrected chi connectivity index (χ1v) is 8.08. The van der Waals surface area contributed by atoms with Gasteiger partial charge in [-0.05, 0) is 59.0 Å². The van der Waals surface area contributed by atoms with E-state index in [1.165, 1.54) is 12.0 Å². The normalized spacial score (nSPS) is 21.2. The Morgan fingerprint density at radius 3 is 2.52 bits per heavy atom. The van der Waals surface area contributed by atoms with E-state index in [1.807, 2.05) is 13.8 Å². The van der Waals surface area contributed by atoms with Crippen LogP contribution >= 0.6 is 0 Å². The SMILES string of the molecule is Cc1noc(C)c1CN1CCC(C(=O)NC2CCC2)CC1. The quantitative estimate of drug-likeness (QED) is 0.923. The number of aromatic nitrogens is 1. The number of amides is 1. The van der Waals surface area contributed by atoms with Crippen LogP contribution in [0, 0.1) is 19.8 Å². The lowest BCUT2D eigenvalue weighted by molar-refractivity contribution is -0.127. The van der Waals surface area contributed by atoms with Crippen molar-refractivity contribution in [2.75, 3.05) is 13.1 Å². The van der Waals surface area contributed by atoms with E-state index in [2.05, 4.69) is 15.4 Å². The van der Waals surface area contributed by atoms with E-state index in [9.17, 15) is 4.79 Å². The molecule has 1 saturated carbocycles. The molecule has 3 rings (SSSR count). The van der Waals surface area contributed by atoms with Gasteiger partial charge >= 0.3 is 0 Å². The average Bonchev–Trinajstić information content (AvgIpc) is 2.75. The lowest BCUT2D eigenvalue weighted by Gasteiger charge is -2.33. The largest absolute Gasteiger partial charge is 0.361 e. The van der Waals surface area contributed by atoms with Gasteiger partial charge in [0.05, 0.1) is 5.69 Å². The maximum absolute atomic E-state index is 12.2. The van der Waals surface area contributed by atoms with Crippen molar-refractivity contribution in [1.29, 1.82) is 0 Å². The Hall–Kier alpha value is -1.36. The Balaban J connectivity index is 1.47. The molecule has 21 heavy (non-hydrogen) atoms. The van der Waals surface area contributed by atoms with Gasteiger partial charge in [-0.2, -0.15) is 0 Å². The molecule has 0 radical (unpaired) electrons. The minimum absolute atomic E-state index is 0.200. The monoisotopic (exact) mass is 291 g/mol. The van der Waals surface area contributed by atoms with E-state index in [-0.39, 0.29) is 11.8 Å². The van der Waals surface area contributed by atoms with Crippen molar-refractivity contribution in [3.05, 3.63) is 17.0 Å². The molecule has 1 aromatic rings. The first-order valence-electron chi connectivity index (χ1n) is 8.08. The number of carbonyl (C=O) groups excluding carboxylic acids is 1. The van der Waals surface area contributed by atoms with Crippen LogP contribution in [0.2, 0.25) is 0 Å². The number of aryl methyl sites for hydroxylation is 2. The van der Waals surface area contributed by atoms with Gasteiger partial charge in [0.15, 0.2) is 0 Å². The number of hydrogen-bond donors (Lipinski definition) is 1. The van der Waals surface area contributed by atoms with Crippen molar-refractivity contribution in [2.24, 2.45) is 5.92 Å². The maximum atomic E-state index is 12.2. The fourth-order valence-electron chi connectivity index (χ4n) is 3.18. The summed E-state index contributed by atoms with van der Waals surface area (Å²) in [6.07, 6.45) is 5.51. The number of piperidine rings is 1. The van der Waals surface area contributed by atoms with Crippen LogP contribution in [0.4, 0.5) is 0 Å². The number of carbonyl (C=O) groups is 1. The summed E-state index contributed by atoms with van der Waals surface area (Å²) in [5, 5.41) is 7.19. The summed E-state index contributed by atoms with van der Waals surface area (Å²) >= 11 is 0. The summed E-state index contributed by atoms with van der Waals surface area (Å²) in [5.41, 5.74) is 2.18. The Bertz CT molecular complexity index is 480. The van der Waals surface area contributed by atoms with Crippen molar-refractivity contribution in [1.82, 2.24) is 15.4 Å². The van der Waals surface area contributed by atoms with Gasteiger partial charge < -0.3 is 9.84 Å². The fraction of sp³-hybridized carbons (Fsp3) is 0.750. The Labute approximate surface area is 126 Å². The van der Waals surface area contributed by atoms with E-state index < -0.39 is 0 Å². The third kappa shape index (κ3) is 3.28. The molecule has 2 fully saturated rings. The van der Waals surface area contributed by atoms with Crippen LogP contribution in [0.25, 0.3) is 0 Å². The smallest absolute Gasteiger partial charge is 0.223 e. The first kappa shape index (κ1) is 14.6. The van der Waals surface area contributed by atoms with Gasteiger partial charge in [0.2, 0.25) is 5.91 Å². The highest BCUT2D eigenvalue weighted by Crippen LogP contribution is 2.23. The second-order valence-corrected chi connectivity index (χ2v) is 6.49. The molecule has 2 aliphatic rings. The highest BCUT2D eigenvalue weighted by Gasteiger charge is 2.28. The minimum Gasteiger partial charge on any atom is -0.361 e. The van der Waals surface area contributed by atoms with Gasteiger partial charge in [-0.3, -0.25) is 9.69 Å². The van der Waals surface area contributed by atoms with Gasteiger partial charge in [-0.1, -0.05) is 5.16 Å². The van der Waals surface area contributed by atoms with E-state index in [1.54, 1.807) is 0 Å². The topological polar surface area (TPSA) is 58.4 Å². The van der Waals surface area contributed by atoms with Crippen LogP contribution < -0.4 is 5.32 Å². The molecule has 0 atom stereocenters. The third-order valence-electron chi connectivity index (χ3n) is 4.97. The van der Waals surface area contributed by atoms with Gasteiger partial charge in [-0.25, -0.2) is 0 Å². The summed E-state index contributed by atoms with van der Waals surface area (Å²) in [6.45, 7) is 6.80. The molecule has 2 heterocycles. The molecular formula is C16H25N3O2. The molecule has 5 heteroatoms. The summed E-state index contributed by atoms with van der Waals surface area (Å²) in [5.74, 6) is 1.39. The second kappa shape index (κ2) is 6.18. The van der Waals surface area contributed by atoms with Crippen molar-refractivity contribution in [3.8, 4) is 0 Å². The van der Waals surface area contributed by atoms with E-state index >= 15 is 0 Å². The van der Waals surface area contributed by atoms with Crippen molar-refractivity contribution >= 4 is 5.91 Å². The Kier molecular flexibility index (Phi) is 4.29. The molecule has 1 aliphatic carbocycles. The predicted octanol–water partition coefficient (Wildman–Crippen LogP) is 2.17. The zero-order chi connectivity index (χ0) is 14.8. The molecule has 116 valence electrons. The molecular weight excluding hydrogens is 266 g/mol. The van der Waals surface area contributed by atoms with Gasteiger partial charge in [-0.15, -0.1) is 0 Å². The molecule has 1 N–H and O–H groups in total. The average molecular weight is 291 g/mol. The van der Waals surface area contributed by atoms with Crippen LogP contribution in [0.5, 0.6) is 0 Å². The van der Waals surface area contributed by atoms with Crippen molar-refractivity contribution in [2.45, 2.75) is 58.5 Å². The summed E-state index contributed by atoms with van der Waals surface area (Å²) < 4.78 is 5.22. The lowest BCUT2D eigenvalue weighted by atomic mass is 9.90. The molecule has 5 nitrogen and oxygen atoms in total. The van der Waals surface area contributed by atoms with E-state index in [0.717, 1.165) is 56.8 Å². The van der Waals surface area contributed by atoms with Crippen LogP contribution in [-0.4, -0.2) is 35.1 Å². The molecule has 1 saturated heterocycles. The van der Waals surface area contributed by atoms with E-state index in [0.29, 0.717) is 6.04 Å². The van der Waals surface area contributed by atoms with Crippen LogP contribution in [0.3, 0.4) is 0 Å². The number of hydrogen-bond acceptors (Lipinski definition) is 4. The molecule has 0 unspecified atom stereocenters. The lowest BCUT2D eigenvalue weighted by Crippen LogP contribution is -2.45. The first-order chi connectivity index (χ1) is 10.1. The highest BCUT2D eigenvalue weighted by molar-refractivity contribution is 5.79. The molecule has 1 amide bonds. The molecule has 0 bridgehead atoms. The number of nitrogens with one attached hydrogen (secondary N) is 1. The summed E-state index contributed by atoms with van der Waals surface area (Å²) in [6, 6.07) is 0.456. The Morgan fingerprint density at radius 1 is 1.29 bits per heavy atom. The van der Waals surface area contributed by atoms with Crippen molar-refractivity contribution in [3.63, 3.8) is 0 Å².